The lowest BCUT2D eigenvalue weighted by Crippen LogP contribution is -2.53. The highest BCUT2D eigenvalue weighted by molar-refractivity contribution is 5.84. The van der Waals surface area contributed by atoms with Gasteiger partial charge in [-0.05, 0) is 68.6 Å². The van der Waals surface area contributed by atoms with Crippen LogP contribution in [0, 0.1) is 16.7 Å². The maximum absolute atomic E-state index is 12.9. The number of nitrogens with zero attached hydrogens (tertiary/aromatic N) is 1. The number of carbonyl (C=O) groups is 1. The topological polar surface area (TPSA) is 41.6 Å². The zero-order valence-electron chi connectivity index (χ0n) is 15.6. The lowest BCUT2D eigenvalue weighted by molar-refractivity contribution is -0.133. The number of hydrogen-bond acceptors (Lipinski definition) is 3. The molecule has 4 aliphatic rings. The molecule has 24 heavy (non-hydrogen) atoms. The summed E-state index contributed by atoms with van der Waals surface area (Å²) in [5.74, 6) is 1.23. The molecule has 2 heterocycles. The van der Waals surface area contributed by atoms with Gasteiger partial charge in [-0.3, -0.25) is 4.79 Å². The summed E-state index contributed by atoms with van der Waals surface area (Å²) in [5, 5.41) is 3.79. The fourth-order valence-electron chi connectivity index (χ4n) is 6.57. The Bertz CT molecular complexity index is 490. The van der Waals surface area contributed by atoms with Gasteiger partial charge in [-0.2, -0.15) is 0 Å². The summed E-state index contributed by atoms with van der Waals surface area (Å²) in [6.07, 6.45) is 8.42. The van der Waals surface area contributed by atoms with Crippen LogP contribution in [0.2, 0.25) is 0 Å². The second-order valence-electron chi connectivity index (χ2n) is 9.26. The summed E-state index contributed by atoms with van der Waals surface area (Å²) in [7, 11) is 0. The van der Waals surface area contributed by atoms with Crippen molar-refractivity contribution in [3.8, 4) is 0 Å². The van der Waals surface area contributed by atoms with Crippen molar-refractivity contribution < 1.29 is 9.53 Å². The summed E-state index contributed by atoms with van der Waals surface area (Å²) >= 11 is 0. The normalized spacial score (nSPS) is 40.5. The first-order chi connectivity index (χ1) is 11.5. The van der Waals surface area contributed by atoms with E-state index in [2.05, 4.69) is 31.0 Å². The van der Waals surface area contributed by atoms with Crippen molar-refractivity contribution in [3.05, 3.63) is 0 Å². The number of likely N-dealkylation sites (tertiary alicyclic amines) is 1. The van der Waals surface area contributed by atoms with Crippen LogP contribution in [0.3, 0.4) is 0 Å². The molecule has 4 nitrogen and oxygen atoms in total. The molecule has 0 spiro atoms. The minimum absolute atomic E-state index is 0.0349. The van der Waals surface area contributed by atoms with Gasteiger partial charge in [0, 0.05) is 31.8 Å². The Balaban J connectivity index is 1.42. The van der Waals surface area contributed by atoms with E-state index >= 15 is 0 Å². The summed E-state index contributed by atoms with van der Waals surface area (Å²) < 4.78 is 5.46. The fraction of sp³-hybridized carbons (Fsp3) is 0.950. The van der Waals surface area contributed by atoms with Gasteiger partial charge in [0.15, 0.2) is 0 Å². The number of hydrogen-bond donors (Lipinski definition) is 1. The fourth-order valence-corrected chi connectivity index (χ4v) is 6.57. The first-order valence-electron chi connectivity index (χ1n) is 10.1. The third-order valence-corrected chi connectivity index (χ3v) is 8.33. The van der Waals surface area contributed by atoms with Crippen molar-refractivity contribution in [2.24, 2.45) is 16.7 Å². The number of fused-ring (bicyclic) bond motifs is 2. The Labute approximate surface area is 146 Å². The van der Waals surface area contributed by atoms with E-state index in [0.29, 0.717) is 28.8 Å². The smallest absolute Gasteiger partial charge is 0.240 e. The molecule has 1 N–H and O–H groups in total. The molecule has 0 radical (unpaired) electrons. The average Bonchev–Trinajstić information content (AvgIpc) is 3.16. The van der Waals surface area contributed by atoms with Crippen LogP contribution in [0.25, 0.3) is 0 Å². The van der Waals surface area contributed by atoms with Crippen LogP contribution in [0.1, 0.15) is 65.7 Å². The lowest BCUT2D eigenvalue weighted by Gasteiger charge is -2.44. The molecule has 2 saturated heterocycles. The third kappa shape index (κ3) is 2.36. The van der Waals surface area contributed by atoms with Gasteiger partial charge in [0.25, 0.3) is 0 Å². The van der Waals surface area contributed by atoms with Crippen LogP contribution in [0.5, 0.6) is 0 Å². The lowest BCUT2D eigenvalue weighted by atomic mass is 9.65. The van der Waals surface area contributed by atoms with Crippen LogP contribution in [0.4, 0.5) is 0 Å². The standard InChI is InChI=1S/C20H34N2O2/c1-14(20-9-4-15(5-10-20)19(20,2)3)21-17-6-11-22(18(17)23)16-7-12-24-13-8-16/h14-17,21H,4-13H2,1-3H3. The first-order valence-corrected chi connectivity index (χ1v) is 10.1. The highest BCUT2D eigenvalue weighted by Gasteiger charge is 2.61. The van der Waals surface area contributed by atoms with E-state index in [1.165, 1.54) is 25.7 Å². The van der Waals surface area contributed by atoms with E-state index in [0.717, 1.165) is 44.9 Å². The number of carbonyl (C=O) groups excluding carboxylic acids is 1. The summed E-state index contributed by atoms with van der Waals surface area (Å²) in [4.78, 5) is 15.1. The maximum Gasteiger partial charge on any atom is 0.240 e. The molecule has 2 aliphatic heterocycles. The molecule has 4 fully saturated rings. The zero-order chi connectivity index (χ0) is 16.9. The second-order valence-corrected chi connectivity index (χ2v) is 9.26. The van der Waals surface area contributed by atoms with E-state index < -0.39 is 0 Å². The molecule has 2 saturated carbocycles. The van der Waals surface area contributed by atoms with E-state index in [4.69, 9.17) is 4.74 Å². The van der Waals surface area contributed by atoms with Crippen LogP contribution in [0.15, 0.2) is 0 Å². The molecule has 0 aromatic heterocycles. The first kappa shape index (κ1) is 16.8. The van der Waals surface area contributed by atoms with Crippen molar-refractivity contribution in [1.82, 2.24) is 10.2 Å². The Morgan fingerprint density at radius 3 is 2.38 bits per heavy atom. The van der Waals surface area contributed by atoms with Crippen molar-refractivity contribution in [2.45, 2.75) is 83.8 Å². The Hall–Kier alpha value is -0.610. The van der Waals surface area contributed by atoms with Crippen LogP contribution < -0.4 is 5.32 Å². The maximum atomic E-state index is 12.9. The summed E-state index contributed by atoms with van der Waals surface area (Å²) in [6.45, 7) is 9.83. The second kappa shape index (κ2) is 5.98. The minimum atomic E-state index is 0.0349. The molecular weight excluding hydrogens is 300 g/mol. The van der Waals surface area contributed by atoms with Crippen molar-refractivity contribution >= 4 is 5.91 Å². The molecule has 0 aromatic carbocycles. The third-order valence-electron chi connectivity index (χ3n) is 8.33. The molecule has 0 aromatic rings. The predicted octanol–water partition coefficient (Wildman–Crippen LogP) is 2.96. The Kier molecular flexibility index (Phi) is 4.20. The Morgan fingerprint density at radius 1 is 1.12 bits per heavy atom. The molecule has 2 bridgehead atoms. The van der Waals surface area contributed by atoms with Crippen molar-refractivity contribution in [2.75, 3.05) is 19.8 Å². The summed E-state index contributed by atoms with van der Waals surface area (Å²) in [5.41, 5.74) is 0.811. The van der Waals surface area contributed by atoms with Gasteiger partial charge in [-0.15, -0.1) is 0 Å². The van der Waals surface area contributed by atoms with Gasteiger partial charge >= 0.3 is 0 Å². The molecule has 2 unspecified atom stereocenters. The number of nitrogens with one attached hydrogen (secondary N) is 1. The monoisotopic (exact) mass is 334 g/mol. The zero-order valence-corrected chi connectivity index (χ0v) is 15.6. The highest BCUT2D eigenvalue weighted by atomic mass is 16.5. The SMILES string of the molecule is CC(NC1CCN(C2CCOCC2)C1=O)C12CCC(CC1)C2(C)C. The molecule has 4 heteroatoms. The van der Waals surface area contributed by atoms with Gasteiger partial charge in [-0.1, -0.05) is 13.8 Å². The van der Waals surface area contributed by atoms with Gasteiger partial charge in [-0.25, -0.2) is 0 Å². The molecule has 1 amide bonds. The van der Waals surface area contributed by atoms with E-state index in [1.807, 2.05) is 0 Å². The molecule has 2 atom stereocenters. The van der Waals surface area contributed by atoms with Gasteiger partial charge < -0.3 is 15.0 Å². The van der Waals surface area contributed by atoms with Crippen LogP contribution in [-0.4, -0.2) is 48.7 Å². The highest BCUT2D eigenvalue weighted by Crippen LogP contribution is 2.67. The molecule has 2 aliphatic carbocycles. The Morgan fingerprint density at radius 2 is 1.79 bits per heavy atom. The number of rotatable bonds is 4. The van der Waals surface area contributed by atoms with Crippen LogP contribution >= 0.6 is 0 Å². The van der Waals surface area contributed by atoms with E-state index in [-0.39, 0.29) is 6.04 Å². The minimum Gasteiger partial charge on any atom is -0.381 e. The van der Waals surface area contributed by atoms with Gasteiger partial charge in [0.2, 0.25) is 5.91 Å². The average molecular weight is 335 g/mol. The quantitative estimate of drug-likeness (QED) is 0.859. The summed E-state index contributed by atoms with van der Waals surface area (Å²) in [6, 6.07) is 0.876. The van der Waals surface area contributed by atoms with Gasteiger partial charge in [0.1, 0.15) is 0 Å². The number of ether oxygens (including phenoxy) is 1. The predicted molar refractivity (Wildman–Crippen MR) is 94.7 cm³/mol. The molecule has 136 valence electrons. The van der Waals surface area contributed by atoms with E-state index in [9.17, 15) is 4.79 Å². The van der Waals surface area contributed by atoms with E-state index in [1.54, 1.807) is 0 Å². The molecule has 4 rings (SSSR count). The van der Waals surface area contributed by atoms with Crippen molar-refractivity contribution in [3.63, 3.8) is 0 Å². The van der Waals surface area contributed by atoms with Crippen LogP contribution in [-0.2, 0) is 9.53 Å². The largest absolute Gasteiger partial charge is 0.381 e. The molecular formula is C20H34N2O2. The number of amides is 1. The van der Waals surface area contributed by atoms with Gasteiger partial charge in [0.05, 0.1) is 6.04 Å². The van der Waals surface area contributed by atoms with Crippen molar-refractivity contribution in [1.29, 1.82) is 0 Å².